The molecule has 34 heavy (non-hydrogen) atoms. The first-order valence-electron chi connectivity index (χ1n) is 11.7. The van der Waals surface area contributed by atoms with Gasteiger partial charge < -0.3 is 24.8 Å². The molecule has 0 spiro atoms. The minimum Gasteiger partial charge on any atom is -0.493 e. The van der Waals surface area contributed by atoms with Crippen LogP contribution in [0.4, 0.5) is 16.2 Å². The van der Waals surface area contributed by atoms with E-state index in [9.17, 15) is 14.3 Å². The minimum atomic E-state index is -0.404. The predicted octanol–water partition coefficient (Wildman–Crippen LogP) is 3.96. The Balaban J connectivity index is 1.69. The summed E-state index contributed by atoms with van der Waals surface area (Å²) in [5, 5.41) is 15.2. The third-order valence-corrected chi connectivity index (χ3v) is 6.24. The van der Waals surface area contributed by atoms with E-state index >= 15 is 0 Å². The first kappa shape index (κ1) is 23.8. The van der Waals surface area contributed by atoms with Gasteiger partial charge in [0.2, 0.25) is 17.7 Å². The maximum atomic E-state index is 13.4. The Morgan fingerprint density at radius 1 is 1.15 bits per heavy atom. The molecule has 0 bridgehead atoms. The molecular weight excluding hydrogens is 435 g/mol. The van der Waals surface area contributed by atoms with Gasteiger partial charge in [-0.1, -0.05) is 12.1 Å². The van der Waals surface area contributed by atoms with E-state index in [-0.39, 0.29) is 23.6 Å². The van der Waals surface area contributed by atoms with Gasteiger partial charge in [-0.2, -0.15) is 4.98 Å². The summed E-state index contributed by atoms with van der Waals surface area (Å²) in [6.45, 7) is 12.2. The summed E-state index contributed by atoms with van der Waals surface area (Å²) in [4.78, 5) is 25.2. The zero-order chi connectivity index (χ0) is 24.6. The van der Waals surface area contributed by atoms with E-state index in [4.69, 9.17) is 9.97 Å². The Morgan fingerprint density at radius 3 is 2.38 bits per heavy atom. The third kappa shape index (κ3) is 4.93. The topological polar surface area (TPSA) is 86.5 Å². The second kappa shape index (κ2) is 9.12. The average molecular weight is 469 g/mol. The number of benzene rings is 1. The number of halogens is 1. The molecule has 1 amide bonds. The minimum absolute atomic E-state index is 0.0526. The molecule has 1 aromatic carbocycles. The highest BCUT2D eigenvalue weighted by atomic mass is 19.1. The second-order valence-electron chi connectivity index (χ2n) is 9.89. The van der Waals surface area contributed by atoms with E-state index in [1.165, 1.54) is 12.1 Å². The van der Waals surface area contributed by atoms with Gasteiger partial charge in [-0.15, -0.1) is 0 Å². The van der Waals surface area contributed by atoms with Crippen LogP contribution in [0.15, 0.2) is 30.5 Å². The number of anilines is 2. The number of amides is 1. The van der Waals surface area contributed by atoms with Gasteiger partial charge in [-0.05, 0) is 51.8 Å². The predicted molar refractivity (Wildman–Crippen MR) is 132 cm³/mol. The van der Waals surface area contributed by atoms with Gasteiger partial charge in [-0.25, -0.2) is 9.37 Å². The number of aromatic nitrogens is 3. The Kier molecular flexibility index (Phi) is 6.38. The van der Waals surface area contributed by atoms with Crippen molar-refractivity contribution in [2.45, 2.75) is 52.6 Å². The molecule has 9 heteroatoms. The number of piperazine rings is 1. The van der Waals surface area contributed by atoms with Crippen molar-refractivity contribution < 1.29 is 14.3 Å². The van der Waals surface area contributed by atoms with Crippen molar-refractivity contribution in [3.05, 3.63) is 41.8 Å². The monoisotopic (exact) mass is 468 g/mol. The lowest BCUT2D eigenvalue weighted by Gasteiger charge is -2.34. The van der Waals surface area contributed by atoms with E-state index in [1.807, 2.05) is 29.8 Å². The van der Waals surface area contributed by atoms with Crippen LogP contribution in [-0.4, -0.2) is 62.2 Å². The van der Waals surface area contributed by atoms with Gasteiger partial charge in [0, 0.05) is 50.9 Å². The van der Waals surface area contributed by atoms with Crippen molar-refractivity contribution in [2.24, 2.45) is 0 Å². The molecule has 3 heterocycles. The van der Waals surface area contributed by atoms with Crippen LogP contribution in [0, 0.1) is 5.82 Å². The quantitative estimate of drug-likeness (QED) is 0.570. The molecule has 182 valence electrons. The molecule has 0 aliphatic carbocycles. The van der Waals surface area contributed by atoms with E-state index < -0.39 is 5.54 Å². The summed E-state index contributed by atoms with van der Waals surface area (Å²) in [7, 11) is 0. The lowest BCUT2D eigenvalue weighted by molar-refractivity contribution is -0.129. The molecule has 8 nitrogen and oxygen atoms in total. The molecule has 2 N–H and O–H groups in total. The fourth-order valence-corrected chi connectivity index (χ4v) is 4.40. The lowest BCUT2D eigenvalue weighted by atomic mass is 9.95. The number of hydrogen-bond acceptors (Lipinski definition) is 6. The summed E-state index contributed by atoms with van der Waals surface area (Å²) in [6, 6.07) is 6.56. The van der Waals surface area contributed by atoms with Gasteiger partial charge in [0.05, 0.1) is 5.39 Å². The van der Waals surface area contributed by atoms with Crippen molar-refractivity contribution >= 4 is 28.6 Å². The molecule has 1 fully saturated rings. The largest absolute Gasteiger partial charge is 0.493 e. The maximum absolute atomic E-state index is 13.4. The van der Waals surface area contributed by atoms with E-state index in [0.717, 1.165) is 10.9 Å². The molecule has 1 aliphatic heterocycles. The fourth-order valence-electron chi connectivity index (χ4n) is 4.40. The van der Waals surface area contributed by atoms with Gasteiger partial charge >= 0.3 is 0 Å². The first-order valence-corrected chi connectivity index (χ1v) is 11.7. The smallest absolute Gasteiger partial charge is 0.228 e. The average Bonchev–Trinajstić information content (AvgIpc) is 3.12. The number of aromatic hydroxyl groups is 1. The molecule has 0 radical (unpaired) electrons. The Labute approximate surface area is 199 Å². The zero-order valence-electron chi connectivity index (χ0n) is 20.5. The van der Waals surface area contributed by atoms with Gasteiger partial charge in [0.1, 0.15) is 17.2 Å². The number of carbonyl (C=O) groups is 1. The maximum Gasteiger partial charge on any atom is 0.228 e. The van der Waals surface area contributed by atoms with Gasteiger partial charge in [0.15, 0.2) is 0 Å². The standard InChI is InChI=1S/C25H33FN6O2/c1-16(2)32-15-20-21(23(32)34)27-24(31-12-10-30(11-13-31)17(3)33)28-22(20)29-25(4,5)14-18-6-8-19(26)9-7-18/h6-9,15-16,34H,10-14H2,1-5H3,(H,27,28,29). The third-order valence-electron chi connectivity index (χ3n) is 6.24. The van der Waals surface area contributed by atoms with Crippen LogP contribution in [0.25, 0.3) is 10.9 Å². The van der Waals surface area contributed by atoms with Crippen molar-refractivity contribution in [2.75, 3.05) is 36.4 Å². The molecule has 2 aromatic heterocycles. The van der Waals surface area contributed by atoms with Crippen molar-refractivity contribution in [3.8, 4) is 5.88 Å². The van der Waals surface area contributed by atoms with Crippen LogP contribution < -0.4 is 10.2 Å². The normalized spacial score (nSPS) is 14.8. The SMILES string of the molecule is CC(=O)N1CCN(c2nc(NC(C)(C)Cc3ccc(F)cc3)c3cn(C(C)C)c(O)c3n2)CC1. The second-order valence-corrected chi connectivity index (χ2v) is 9.89. The number of fused-ring (bicyclic) bond motifs is 1. The molecule has 1 saturated heterocycles. The molecule has 1 aliphatic rings. The number of hydrogen-bond donors (Lipinski definition) is 2. The van der Waals surface area contributed by atoms with E-state index in [1.54, 1.807) is 23.6 Å². The Hall–Kier alpha value is -3.36. The highest BCUT2D eigenvalue weighted by Gasteiger charge is 2.26. The van der Waals surface area contributed by atoms with Crippen LogP contribution in [0.1, 0.15) is 46.2 Å². The highest BCUT2D eigenvalue weighted by Crippen LogP contribution is 2.35. The van der Waals surface area contributed by atoms with Crippen molar-refractivity contribution in [3.63, 3.8) is 0 Å². The molecular formula is C25H33FN6O2. The Morgan fingerprint density at radius 2 is 1.79 bits per heavy atom. The van der Waals surface area contributed by atoms with Crippen LogP contribution in [-0.2, 0) is 11.2 Å². The van der Waals surface area contributed by atoms with E-state index in [2.05, 4.69) is 19.2 Å². The van der Waals surface area contributed by atoms with Crippen LogP contribution in [0.5, 0.6) is 5.88 Å². The van der Waals surface area contributed by atoms with Crippen LogP contribution in [0.3, 0.4) is 0 Å². The number of nitrogens with zero attached hydrogens (tertiary/aromatic N) is 5. The van der Waals surface area contributed by atoms with Gasteiger partial charge in [0.25, 0.3) is 0 Å². The number of carbonyl (C=O) groups excluding carboxylic acids is 1. The molecule has 3 aromatic rings. The first-order chi connectivity index (χ1) is 16.0. The zero-order valence-corrected chi connectivity index (χ0v) is 20.5. The summed E-state index contributed by atoms with van der Waals surface area (Å²) in [5.41, 5.74) is 1.10. The van der Waals surface area contributed by atoms with Crippen molar-refractivity contribution in [1.29, 1.82) is 0 Å². The lowest BCUT2D eigenvalue weighted by Crippen LogP contribution is -2.48. The highest BCUT2D eigenvalue weighted by molar-refractivity contribution is 5.94. The molecule has 0 atom stereocenters. The van der Waals surface area contributed by atoms with E-state index in [0.29, 0.717) is 49.9 Å². The number of nitrogens with one attached hydrogen (secondary N) is 1. The van der Waals surface area contributed by atoms with Crippen molar-refractivity contribution in [1.82, 2.24) is 19.4 Å². The molecule has 4 rings (SSSR count). The molecule has 0 unspecified atom stereocenters. The summed E-state index contributed by atoms with van der Waals surface area (Å²) < 4.78 is 15.1. The summed E-state index contributed by atoms with van der Waals surface area (Å²) in [6.07, 6.45) is 2.53. The fraction of sp³-hybridized carbons (Fsp3) is 0.480. The van der Waals surface area contributed by atoms with Gasteiger partial charge in [-0.3, -0.25) is 4.79 Å². The number of rotatable bonds is 6. The summed E-state index contributed by atoms with van der Waals surface area (Å²) >= 11 is 0. The van der Waals surface area contributed by atoms with Crippen LogP contribution in [0.2, 0.25) is 0 Å². The van der Waals surface area contributed by atoms with Crippen LogP contribution >= 0.6 is 0 Å². The molecule has 0 saturated carbocycles. The summed E-state index contributed by atoms with van der Waals surface area (Å²) in [5.74, 6) is 1.07. The Bertz CT molecular complexity index is 1180.